The average Bonchev–Trinajstić information content (AvgIpc) is 3.12. The second-order valence-electron chi connectivity index (χ2n) is 3.98. The molecule has 1 aromatic carbocycles. The molecular weight excluding hydrogens is 311 g/mol. The smallest absolute Gasteiger partial charge is 0.308 e. The first-order chi connectivity index (χ1) is 10.2. The Balaban J connectivity index is 1.64. The predicted octanol–water partition coefficient (Wildman–Crippen LogP) is 4.05. The lowest BCUT2D eigenvalue weighted by atomic mass is 10.3. The first-order valence-corrected chi connectivity index (χ1v) is 7.61. The Hall–Kier alpha value is -2.32. The van der Waals surface area contributed by atoms with Gasteiger partial charge in [0.15, 0.2) is 5.01 Å². The maximum Gasteiger partial charge on any atom is 0.325 e. The van der Waals surface area contributed by atoms with E-state index in [1.165, 1.54) is 35.6 Å². The predicted molar refractivity (Wildman–Crippen MR) is 82.3 cm³/mol. The summed E-state index contributed by atoms with van der Waals surface area (Å²) >= 11 is 2.84. The zero-order chi connectivity index (χ0) is 14.7. The van der Waals surface area contributed by atoms with Crippen LogP contribution in [0.3, 0.4) is 0 Å². The molecule has 0 aliphatic heterocycles. The molecule has 0 saturated carbocycles. The number of carbonyl (C=O) groups is 1. The Labute approximate surface area is 127 Å². The van der Waals surface area contributed by atoms with Crippen LogP contribution in [0.25, 0.3) is 9.88 Å². The van der Waals surface area contributed by atoms with Crippen molar-refractivity contribution in [3.8, 4) is 9.88 Å². The number of hydrogen-bond acceptors (Lipinski definition) is 5. The highest BCUT2D eigenvalue weighted by Crippen LogP contribution is 2.29. The third kappa shape index (κ3) is 3.41. The summed E-state index contributed by atoms with van der Waals surface area (Å²) in [6, 6.07) is 8.92. The van der Waals surface area contributed by atoms with Gasteiger partial charge in [-0.25, -0.2) is 9.18 Å². The van der Waals surface area contributed by atoms with E-state index in [9.17, 15) is 9.18 Å². The highest BCUT2D eigenvalue weighted by atomic mass is 32.1. The molecule has 21 heavy (non-hydrogen) atoms. The highest BCUT2D eigenvalue weighted by molar-refractivity contribution is 7.23. The van der Waals surface area contributed by atoms with Gasteiger partial charge in [-0.15, -0.1) is 21.5 Å². The molecule has 2 amide bonds. The SMILES string of the molecule is O=C(Nc1ccc(F)cc1)Nc1nnc(-c2cccs2)s1. The van der Waals surface area contributed by atoms with E-state index >= 15 is 0 Å². The number of nitrogens with zero attached hydrogens (tertiary/aromatic N) is 2. The van der Waals surface area contributed by atoms with Gasteiger partial charge in [-0.05, 0) is 35.7 Å². The van der Waals surface area contributed by atoms with E-state index in [2.05, 4.69) is 20.8 Å². The van der Waals surface area contributed by atoms with Gasteiger partial charge in [0.1, 0.15) is 5.82 Å². The number of nitrogens with one attached hydrogen (secondary N) is 2. The zero-order valence-electron chi connectivity index (χ0n) is 10.5. The number of hydrogen-bond donors (Lipinski definition) is 2. The van der Waals surface area contributed by atoms with Crippen molar-refractivity contribution in [3.05, 3.63) is 47.6 Å². The summed E-state index contributed by atoms with van der Waals surface area (Å²) in [5, 5.41) is 16.2. The lowest BCUT2D eigenvalue weighted by molar-refractivity contribution is 0.262. The minimum Gasteiger partial charge on any atom is -0.308 e. The number of halogens is 1. The van der Waals surface area contributed by atoms with Crippen molar-refractivity contribution in [2.45, 2.75) is 0 Å². The van der Waals surface area contributed by atoms with Crippen LogP contribution in [-0.4, -0.2) is 16.2 Å². The van der Waals surface area contributed by atoms with E-state index in [0.717, 1.165) is 9.88 Å². The largest absolute Gasteiger partial charge is 0.325 e. The maximum atomic E-state index is 12.8. The van der Waals surface area contributed by atoms with E-state index in [-0.39, 0.29) is 5.82 Å². The summed E-state index contributed by atoms with van der Waals surface area (Å²) in [5.74, 6) is -0.356. The zero-order valence-corrected chi connectivity index (χ0v) is 12.2. The number of carbonyl (C=O) groups excluding carboxylic acids is 1. The Kier molecular flexibility index (Phi) is 3.89. The fourth-order valence-electron chi connectivity index (χ4n) is 1.57. The van der Waals surface area contributed by atoms with Crippen molar-refractivity contribution in [2.75, 3.05) is 10.6 Å². The molecule has 2 aromatic heterocycles. The summed E-state index contributed by atoms with van der Waals surface area (Å²) in [4.78, 5) is 12.8. The minimum atomic E-state index is -0.449. The van der Waals surface area contributed by atoms with E-state index in [1.807, 2.05) is 17.5 Å². The summed E-state index contributed by atoms with van der Waals surface area (Å²) in [5.41, 5.74) is 0.497. The Morgan fingerprint density at radius 2 is 1.90 bits per heavy atom. The van der Waals surface area contributed by atoms with Crippen LogP contribution in [0, 0.1) is 5.82 Å². The third-order valence-electron chi connectivity index (χ3n) is 2.48. The third-order valence-corrected chi connectivity index (χ3v) is 4.36. The molecule has 5 nitrogen and oxygen atoms in total. The first kappa shape index (κ1) is 13.7. The maximum absolute atomic E-state index is 12.8. The number of urea groups is 1. The minimum absolute atomic E-state index is 0.356. The van der Waals surface area contributed by atoms with Gasteiger partial charge in [-0.3, -0.25) is 5.32 Å². The lowest BCUT2D eigenvalue weighted by Gasteiger charge is -2.04. The molecule has 0 spiro atoms. The Morgan fingerprint density at radius 1 is 1.10 bits per heavy atom. The molecule has 2 heterocycles. The van der Waals surface area contributed by atoms with Crippen LogP contribution < -0.4 is 10.6 Å². The van der Waals surface area contributed by atoms with Crippen molar-refractivity contribution in [1.82, 2.24) is 10.2 Å². The number of benzene rings is 1. The van der Waals surface area contributed by atoms with Crippen LogP contribution in [0.15, 0.2) is 41.8 Å². The molecule has 106 valence electrons. The fourth-order valence-corrected chi connectivity index (χ4v) is 3.10. The van der Waals surface area contributed by atoms with Gasteiger partial charge in [0, 0.05) is 5.69 Å². The molecule has 0 atom stereocenters. The summed E-state index contributed by atoms with van der Waals surface area (Å²) in [6.07, 6.45) is 0. The van der Waals surface area contributed by atoms with Gasteiger partial charge in [-0.1, -0.05) is 17.4 Å². The van der Waals surface area contributed by atoms with Gasteiger partial charge in [0.25, 0.3) is 0 Å². The van der Waals surface area contributed by atoms with Gasteiger partial charge in [0.05, 0.1) is 4.88 Å². The van der Waals surface area contributed by atoms with Crippen molar-refractivity contribution in [3.63, 3.8) is 0 Å². The molecule has 0 aliphatic rings. The van der Waals surface area contributed by atoms with Gasteiger partial charge in [0.2, 0.25) is 5.13 Å². The standard InChI is InChI=1S/C13H9FN4OS2/c14-8-3-5-9(6-4-8)15-12(19)16-13-18-17-11(21-13)10-2-1-7-20-10/h1-7H,(H2,15,16,18,19). The number of thiophene rings is 1. The van der Waals surface area contributed by atoms with Crippen LogP contribution in [0.4, 0.5) is 20.0 Å². The second-order valence-corrected chi connectivity index (χ2v) is 5.90. The topological polar surface area (TPSA) is 66.9 Å². The monoisotopic (exact) mass is 320 g/mol. The molecule has 3 aromatic rings. The van der Waals surface area contributed by atoms with Crippen molar-refractivity contribution < 1.29 is 9.18 Å². The molecule has 0 saturated heterocycles. The molecule has 2 N–H and O–H groups in total. The van der Waals surface area contributed by atoms with Crippen LogP contribution in [-0.2, 0) is 0 Å². The Morgan fingerprint density at radius 3 is 2.62 bits per heavy atom. The first-order valence-electron chi connectivity index (χ1n) is 5.92. The Bertz CT molecular complexity index is 740. The van der Waals surface area contributed by atoms with Crippen LogP contribution in [0.1, 0.15) is 0 Å². The van der Waals surface area contributed by atoms with Crippen molar-refractivity contribution >= 4 is 39.5 Å². The number of rotatable bonds is 3. The summed E-state index contributed by atoms with van der Waals surface area (Å²) in [6.45, 7) is 0. The average molecular weight is 320 g/mol. The normalized spacial score (nSPS) is 10.3. The quantitative estimate of drug-likeness (QED) is 0.765. The number of aromatic nitrogens is 2. The van der Waals surface area contributed by atoms with E-state index in [0.29, 0.717) is 10.8 Å². The van der Waals surface area contributed by atoms with Gasteiger partial charge >= 0.3 is 6.03 Å². The van der Waals surface area contributed by atoms with Crippen molar-refractivity contribution in [2.24, 2.45) is 0 Å². The molecule has 3 rings (SSSR count). The van der Waals surface area contributed by atoms with Gasteiger partial charge < -0.3 is 5.32 Å². The van der Waals surface area contributed by atoms with E-state index in [4.69, 9.17) is 0 Å². The van der Waals surface area contributed by atoms with Crippen LogP contribution >= 0.6 is 22.7 Å². The van der Waals surface area contributed by atoms with E-state index in [1.54, 1.807) is 11.3 Å². The fraction of sp³-hybridized carbons (Fsp3) is 0. The highest BCUT2D eigenvalue weighted by Gasteiger charge is 2.10. The van der Waals surface area contributed by atoms with Crippen LogP contribution in [0.2, 0.25) is 0 Å². The van der Waals surface area contributed by atoms with Crippen molar-refractivity contribution in [1.29, 1.82) is 0 Å². The lowest BCUT2D eigenvalue weighted by Crippen LogP contribution is -2.19. The molecular formula is C13H9FN4OS2. The van der Waals surface area contributed by atoms with Crippen LogP contribution in [0.5, 0.6) is 0 Å². The second kappa shape index (κ2) is 5.98. The molecule has 0 fully saturated rings. The summed E-state index contributed by atoms with van der Waals surface area (Å²) < 4.78 is 12.8. The molecule has 0 unspecified atom stereocenters. The number of anilines is 2. The van der Waals surface area contributed by atoms with E-state index < -0.39 is 6.03 Å². The molecule has 0 aliphatic carbocycles. The molecule has 0 radical (unpaired) electrons. The molecule has 8 heteroatoms. The summed E-state index contributed by atoms with van der Waals surface area (Å²) in [7, 11) is 0. The molecule has 0 bridgehead atoms. The van der Waals surface area contributed by atoms with Gasteiger partial charge in [-0.2, -0.15) is 0 Å². The number of amides is 2.